The molecule has 4 heterocycles. The zero-order valence-electron chi connectivity index (χ0n) is 18.4. The molecular weight excluding hydrogens is 444 g/mol. The van der Waals surface area contributed by atoms with Gasteiger partial charge in [0.15, 0.2) is 15.5 Å². The summed E-state index contributed by atoms with van der Waals surface area (Å²) in [7, 11) is -3.07. The van der Waals surface area contributed by atoms with E-state index < -0.39 is 9.84 Å². The molecule has 0 bridgehead atoms. The van der Waals surface area contributed by atoms with Gasteiger partial charge in [-0.2, -0.15) is 5.10 Å². The number of pyridine rings is 1. The number of aryl methyl sites for hydroxylation is 1. The van der Waals surface area contributed by atoms with Crippen molar-refractivity contribution in [2.45, 2.75) is 58.0 Å². The molecule has 7 nitrogen and oxygen atoms in total. The molecule has 5 rings (SSSR count). The lowest BCUT2D eigenvalue weighted by Crippen LogP contribution is -2.41. The number of thiophene rings is 1. The molecule has 3 atom stereocenters. The summed E-state index contributed by atoms with van der Waals surface area (Å²) in [5.74, 6) is 0.579. The van der Waals surface area contributed by atoms with Gasteiger partial charge >= 0.3 is 0 Å². The SMILES string of the molecule is Cc1nn([C@@H]2CCS(=O)(=O)C2)c2nc(-c3cccs3)cc(C(=O)N[C@H]3CCCC[C@H]3C)c12. The van der Waals surface area contributed by atoms with Crippen LogP contribution in [0.4, 0.5) is 0 Å². The average Bonchev–Trinajstić information content (AvgIpc) is 3.48. The van der Waals surface area contributed by atoms with Crippen LogP contribution in [0, 0.1) is 12.8 Å². The van der Waals surface area contributed by atoms with Crippen LogP contribution in [0.25, 0.3) is 21.6 Å². The molecule has 0 unspecified atom stereocenters. The molecule has 3 aromatic rings. The van der Waals surface area contributed by atoms with Gasteiger partial charge in [-0.05, 0) is 49.6 Å². The molecule has 9 heteroatoms. The summed E-state index contributed by atoms with van der Waals surface area (Å²) >= 11 is 1.57. The topological polar surface area (TPSA) is 93.9 Å². The molecule has 1 aliphatic carbocycles. The van der Waals surface area contributed by atoms with E-state index in [0.29, 0.717) is 29.2 Å². The Balaban J connectivity index is 1.62. The van der Waals surface area contributed by atoms with Crippen LogP contribution >= 0.6 is 11.3 Å². The van der Waals surface area contributed by atoms with Gasteiger partial charge in [0, 0.05) is 6.04 Å². The zero-order valence-corrected chi connectivity index (χ0v) is 20.0. The van der Waals surface area contributed by atoms with Gasteiger partial charge in [-0.3, -0.25) is 4.79 Å². The van der Waals surface area contributed by atoms with Crippen LogP contribution < -0.4 is 5.32 Å². The van der Waals surface area contributed by atoms with Crippen molar-refractivity contribution in [2.75, 3.05) is 11.5 Å². The molecule has 0 spiro atoms. The third-order valence-corrected chi connectivity index (χ3v) is 9.48. The van der Waals surface area contributed by atoms with E-state index in [9.17, 15) is 13.2 Å². The molecular formula is C23H28N4O3S2. The Morgan fingerprint density at radius 1 is 1.25 bits per heavy atom. The summed E-state index contributed by atoms with van der Waals surface area (Å²) < 4.78 is 26.0. The number of hydrogen-bond donors (Lipinski definition) is 1. The van der Waals surface area contributed by atoms with Crippen LogP contribution in [0.5, 0.6) is 0 Å². The summed E-state index contributed by atoms with van der Waals surface area (Å²) in [6.45, 7) is 4.07. The Bertz CT molecular complexity index is 1260. The maximum atomic E-state index is 13.5. The predicted molar refractivity (Wildman–Crippen MR) is 127 cm³/mol. The minimum atomic E-state index is -3.07. The first kappa shape index (κ1) is 21.6. The van der Waals surface area contributed by atoms with Crippen LogP contribution in [0.2, 0.25) is 0 Å². The highest BCUT2D eigenvalue weighted by Crippen LogP contribution is 2.33. The second kappa shape index (κ2) is 8.26. The van der Waals surface area contributed by atoms with Crippen molar-refractivity contribution >= 4 is 38.1 Å². The Kier molecular flexibility index (Phi) is 5.57. The van der Waals surface area contributed by atoms with Crippen molar-refractivity contribution < 1.29 is 13.2 Å². The van der Waals surface area contributed by atoms with E-state index >= 15 is 0 Å². The van der Waals surface area contributed by atoms with Gasteiger partial charge in [0.1, 0.15) is 0 Å². The molecule has 1 aliphatic heterocycles. The fourth-order valence-electron chi connectivity index (χ4n) is 5.04. The normalized spacial score (nSPS) is 25.2. The molecule has 0 radical (unpaired) electrons. The van der Waals surface area contributed by atoms with E-state index in [4.69, 9.17) is 4.98 Å². The minimum absolute atomic E-state index is 0.0647. The van der Waals surface area contributed by atoms with E-state index in [2.05, 4.69) is 17.3 Å². The van der Waals surface area contributed by atoms with Crippen molar-refractivity contribution in [3.8, 4) is 10.6 Å². The van der Waals surface area contributed by atoms with Crippen LogP contribution in [-0.2, 0) is 9.84 Å². The summed E-state index contributed by atoms with van der Waals surface area (Å²) in [5, 5.41) is 10.7. The van der Waals surface area contributed by atoms with Gasteiger partial charge in [0.05, 0.1) is 44.8 Å². The van der Waals surface area contributed by atoms with Gasteiger partial charge in [0.25, 0.3) is 5.91 Å². The summed E-state index contributed by atoms with van der Waals surface area (Å²) in [5.41, 5.74) is 2.59. The van der Waals surface area contributed by atoms with Gasteiger partial charge in [-0.25, -0.2) is 18.1 Å². The van der Waals surface area contributed by atoms with E-state index in [0.717, 1.165) is 35.2 Å². The summed E-state index contributed by atoms with van der Waals surface area (Å²) in [6.07, 6.45) is 4.99. The standard InChI is InChI=1S/C23H28N4O3S2/c1-14-6-3-4-7-18(14)25-23(28)17-12-19(20-8-5-10-31-20)24-22-21(17)15(2)26-27(22)16-9-11-32(29,30)13-16/h5,8,10,12,14,16,18H,3-4,6-7,9,11,13H2,1-2H3,(H,25,28)/t14-,16-,18+/m1/s1. The quantitative estimate of drug-likeness (QED) is 0.616. The number of rotatable bonds is 4. The molecule has 2 fully saturated rings. The molecule has 1 amide bonds. The van der Waals surface area contributed by atoms with Crippen LogP contribution in [-0.4, -0.2) is 46.6 Å². The van der Waals surface area contributed by atoms with Gasteiger partial charge < -0.3 is 5.32 Å². The van der Waals surface area contributed by atoms with Crippen molar-refractivity contribution in [1.82, 2.24) is 20.1 Å². The van der Waals surface area contributed by atoms with Gasteiger partial charge in [0.2, 0.25) is 0 Å². The molecule has 1 saturated heterocycles. The second-order valence-corrected chi connectivity index (χ2v) is 12.3. The number of carbonyl (C=O) groups excluding carboxylic acids is 1. The Labute approximate surface area is 192 Å². The zero-order chi connectivity index (χ0) is 22.5. The van der Waals surface area contributed by atoms with E-state index in [1.165, 1.54) is 6.42 Å². The molecule has 1 saturated carbocycles. The molecule has 170 valence electrons. The van der Waals surface area contributed by atoms with Gasteiger partial charge in [-0.1, -0.05) is 25.8 Å². The number of aromatic nitrogens is 3. The van der Waals surface area contributed by atoms with Crippen molar-refractivity contribution in [3.63, 3.8) is 0 Å². The Morgan fingerprint density at radius 2 is 2.06 bits per heavy atom. The van der Waals surface area contributed by atoms with Crippen molar-refractivity contribution in [1.29, 1.82) is 0 Å². The number of nitrogens with one attached hydrogen (secondary N) is 1. The number of carbonyl (C=O) groups is 1. The molecule has 2 aliphatic rings. The van der Waals surface area contributed by atoms with Gasteiger partial charge in [-0.15, -0.1) is 11.3 Å². The maximum absolute atomic E-state index is 13.5. The summed E-state index contributed by atoms with van der Waals surface area (Å²) in [6, 6.07) is 5.72. The van der Waals surface area contributed by atoms with Crippen LogP contribution in [0.3, 0.4) is 0 Å². The predicted octanol–water partition coefficient (Wildman–Crippen LogP) is 4.14. The summed E-state index contributed by atoms with van der Waals surface area (Å²) in [4.78, 5) is 19.4. The number of hydrogen-bond acceptors (Lipinski definition) is 6. The highest BCUT2D eigenvalue weighted by Gasteiger charge is 2.33. The minimum Gasteiger partial charge on any atom is -0.349 e. The third-order valence-electron chi connectivity index (χ3n) is 6.84. The molecule has 0 aromatic carbocycles. The lowest BCUT2D eigenvalue weighted by Gasteiger charge is -2.29. The second-order valence-electron chi connectivity index (χ2n) is 9.16. The Morgan fingerprint density at radius 3 is 2.75 bits per heavy atom. The first-order chi connectivity index (χ1) is 15.3. The van der Waals surface area contributed by atoms with E-state index in [1.807, 2.05) is 30.5 Å². The fourth-order valence-corrected chi connectivity index (χ4v) is 7.42. The van der Waals surface area contributed by atoms with E-state index in [-0.39, 0.29) is 29.5 Å². The first-order valence-corrected chi connectivity index (χ1v) is 14.0. The number of sulfone groups is 1. The molecule has 32 heavy (non-hydrogen) atoms. The smallest absolute Gasteiger partial charge is 0.252 e. The van der Waals surface area contributed by atoms with E-state index in [1.54, 1.807) is 16.0 Å². The van der Waals surface area contributed by atoms with Crippen molar-refractivity contribution in [3.05, 3.63) is 34.8 Å². The first-order valence-electron chi connectivity index (χ1n) is 11.3. The maximum Gasteiger partial charge on any atom is 0.252 e. The monoisotopic (exact) mass is 472 g/mol. The number of nitrogens with zero attached hydrogens (tertiary/aromatic N) is 3. The highest BCUT2D eigenvalue weighted by atomic mass is 32.2. The molecule has 1 N–H and O–H groups in total. The van der Waals surface area contributed by atoms with Crippen LogP contribution in [0.1, 0.15) is 61.1 Å². The third kappa shape index (κ3) is 3.96. The average molecular weight is 473 g/mol. The number of fused-ring (bicyclic) bond motifs is 1. The molecule has 3 aromatic heterocycles. The largest absolute Gasteiger partial charge is 0.349 e. The lowest BCUT2D eigenvalue weighted by molar-refractivity contribution is 0.0912. The fraction of sp³-hybridized carbons (Fsp3) is 0.522. The number of amides is 1. The highest BCUT2D eigenvalue weighted by molar-refractivity contribution is 7.91. The van der Waals surface area contributed by atoms with Crippen molar-refractivity contribution in [2.24, 2.45) is 5.92 Å². The lowest BCUT2D eigenvalue weighted by atomic mass is 9.86. The Hall–Kier alpha value is -2.26. The van der Waals surface area contributed by atoms with Crippen LogP contribution in [0.15, 0.2) is 23.6 Å².